The summed E-state index contributed by atoms with van der Waals surface area (Å²) in [4.78, 5) is 8.37. The molecule has 0 spiro atoms. The highest BCUT2D eigenvalue weighted by molar-refractivity contribution is 5.75. The third-order valence-corrected chi connectivity index (χ3v) is 2.61. The fourth-order valence-corrected chi connectivity index (χ4v) is 1.65. The monoisotopic (exact) mass is 221 g/mol. The van der Waals surface area contributed by atoms with Gasteiger partial charge in [0.15, 0.2) is 5.75 Å². The number of aromatic nitrogens is 1. The van der Waals surface area contributed by atoms with Gasteiger partial charge in [0.1, 0.15) is 5.69 Å². The van der Waals surface area contributed by atoms with Gasteiger partial charge in [-0.1, -0.05) is 0 Å². The fraction of sp³-hybridized carbons (Fsp3) is 0.583. The molecule has 0 unspecified atom stereocenters. The predicted octanol–water partition coefficient (Wildman–Crippen LogP) is 1.75. The Kier molecular flexibility index (Phi) is 2.90. The Morgan fingerprint density at radius 2 is 1.81 bits per heavy atom. The maximum atomic E-state index is 5.88. The van der Waals surface area contributed by atoms with Crippen LogP contribution in [0.15, 0.2) is 12.4 Å². The SMILES string of the molecule is CN(C)c1cncc(OC2CC2)c1N(C)C. The van der Waals surface area contributed by atoms with E-state index in [2.05, 4.69) is 14.8 Å². The number of hydrogen-bond acceptors (Lipinski definition) is 4. The topological polar surface area (TPSA) is 28.6 Å². The average molecular weight is 221 g/mol. The van der Waals surface area contributed by atoms with Crippen LogP contribution in [0.1, 0.15) is 12.8 Å². The van der Waals surface area contributed by atoms with Crippen LogP contribution in [-0.2, 0) is 0 Å². The molecular formula is C12H19N3O. The highest BCUT2D eigenvalue weighted by Crippen LogP contribution is 2.38. The molecule has 1 aliphatic rings. The zero-order valence-corrected chi connectivity index (χ0v) is 10.4. The van der Waals surface area contributed by atoms with Crippen LogP contribution in [0.4, 0.5) is 11.4 Å². The first-order chi connectivity index (χ1) is 7.59. The second kappa shape index (κ2) is 4.20. The molecule has 0 aromatic carbocycles. The molecule has 1 heterocycles. The third kappa shape index (κ3) is 2.21. The second-order valence-corrected chi connectivity index (χ2v) is 4.61. The third-order valence-electron chi connectivity index (χ3n) is 2.61. The molecule has 4 nitrogen and oxygen atoms in total. The van der Waals surface area contributed by atoms with Crippen LogP contribution in [0.25, 0.3) is 0 Å². The largest absolute Gasteiger partial charge is 0.487 e. The van der Waals surface area contributed by atoms with Crippen molar-refractivity contribution < 1.29 is 4.74 Å². The van der Waals surface area contributed by atoms with Gasteiger partial charge < -0.3 is 14.5 Å². The van der Waals surface area contributed by atoms with Crippen LogP contribution in [0.5, 0.6) is 5.75 Å². The van der Waals surface area contributed by atoms with Crippen molar-refractivity contribution in [2.75, 3.05) is 38.0 Å². The Balaban J connectivity index is 2.37. The minimum absolute atomic E-state index is 0.401. The van der Waals surface area contributed by atoms with E-state index in [4.69, 9.17) is 4.74 Å². The van der Waals surface area contributed by atoms with Crippen molar-refractivity contribution in [3.63, 3.8) is 0 Å². The molecule has 1 aliphatic carbocycles. The molecule has 88 valence electrons. The summed E-state index contributed by atoms with van der Waals surface area (Å²) in [7, 11) is 8.10. The normalized spacial score (nSPS) is 14.8. The number of anilines is 2. The predicted molar refractivity (Wildman–Crippen MR) is 66.5 cm³/mol. The summed E-state index contributed by atoms with van der Waals surface area (Å²) in [5.41, 5.74) is 2.19. The van der Waals surface area contributed by atoms with Gasteiger partial charge in [-0.25, -0.2) is 0 Å². The van der Waals surface area contributed by atoms with E-state index in [1.54, 1.807) is 6.20 Å². The molecule has 1 saturated carbocycles. The Hall–Kier alpha value is -1.45. The summed E-state index contributed by atoms with van der Waals surface area (Å²) in [5, 5.41) is 0. The van der Waals surface area contributed by atoms with E-state index in [1.165, 1.54) is 12.8 Å². The van der Waals surface area contributed by atoms with Gasteiger partial charge >= 0.3 is 0 Å². The minimum atomic E-state index is 0.401. The molecule has 0 N–H and O–H groups in total. The molecule has 4 heteroatoms. The van der Waals surface area contributed by atoms with Gasteiger partial charge in [0.25, 0.3) is 0 Å². The van der Waals surface area contributed by atoms with Crippen molar-refractivity contribution in [2.24, 2.45) is 0 Å². The zero-order chi connectivity index (χ0) is 11.7. The lowest BCUT2D eigenvalue weighted by Crippen LogP contribution is -2.18. The Bertz CT molecular complexity index is 373. The Morgan fingerprint density at radius 1 is 1.12 bits per heavy atom. The minimum Gasteiger partial charge on any atom is -0.487 e. The van der Waals surface area contributed by atoms with Crippen LogP contribution in [0.3, 0.4) is 0 Å². The molecular weight excluding hydrogens is 202 g/mol. The van der Waals surface area contributed by atoms with Crippen molar-refractivity contribution in [3.8, 4) is 5.75 Å². The number of hydrogen-bond donors (Lipinski definition) is 0. The first-order valence-electron chi connectivity index (χ1n) is 5.59. The molecule has 0 radical (unpaired) electrons. The summed E-state index contributed by atoms with van der Waals surface area (Å²) in [5.74, 6) is 0.888. The van der Waals surface area contributed by atoms with Gasteiger partial charge in [-0.3, -0.25) is 4.98 Å². The molecule has 1 aromatic heterocycles. The highest BCUT2D eigenvalue weighted by Gasteiger charge is 2.26. The van der Waals surface area contributed by atoms with Crippen molar-refractivity contribution in [1.82, 2.24) is 4.98 Å². The van der Waals surface area contributed by atoms with E-state index in [0.29, 0.717) is 6.10 Å². The van der Waals surface area contributed by atoms with Crippen molar-refractivity contribution in [1.29, 1.82) is 0 Å². The van der Waals surface area contributed by atoms with Gasteiger partial charge in [0, 0.05) is 28.2 Å². The number of rotatable bonds is 4. The van der Waals surface area contributed by atoms with Gasteiger partial charge in [0.2, 0.25) is 0 Å². The van der Waals surface area contributed by atoms with E-state index in [9.17, 15) is 0 Å². The van der Waals surface area contributed by atoms with Gasteiger partial charge in [-0.05, 0) is 12.8 Å². The van der Waals surface area contributed by atoms with Crippen LogP contribution < -0.4 is 14.5 Å². The van der Waals surface area contributed by atoms with Crippen molar-refractivity contribution in [2.45, 2.75) is 18.9 Å². The molecule has 16 heavy (non-hydrogen) atoms. The first kappa shape index (κ1) is 11.0. The zero-order valence-electron chi connectivity index (χ0n) is 10.4. The van der Waals surface area contributed by atoms with Gasteiger partial charge in [-0.15, -0.1) is 0 Å². The van der Waals surface area contributed by atoms with Crippen molar-refractivity contribution in [3.05, 3.63) is 12.4 Å². The molecule has 0 aliphatic heterocycles. The summed E-state index contributed by atoms with van der Waals surface area (Å²) >= 11 is 0. The summed E-state index contributed by atoms with van der Waals surface area (Å²) in [6.45, 7) is 0. The van der Waals surface area contributed by atoms with Crippen LogP contribution in [0.2, 0.25) is 0 Å². The van der Waals surface area contributed by atoms with Crippen molar-refractivity contribution >= 4 is 11.4 Å². The second-order valence-electron chi connectivity index (χ2n) is 4.61. The van der Waals surface area contributed by atoms with Crippen LogP contribution >= 0.6 is 0 Å². The lowest BCUT2D eigenvalue weighted by atomic mass is 10.3. The maximum Gasteiger partial charge on any atom is 0.163 e. The fourth-order valence-electron chi connectivity index (χ4n) is 1.65. The Labute approximate surface area is 96.8 Å². The average Bonchev–Trinajstić information content (AvgIpc) is 3.00. The molecule has 0 atom stereocenters. The number of pyridine rings is 1. The quantitative estimate of drug-likeness (QED) is 0.774. The van der Waals surface area contributed by atoms with E-state index < -0.39 is 0 Å². The maximum absolute atomic E-state index is 5.88. The van der Waals surface area contributed by atoms with Crippen LogP contribution in [0, 0.1) is 0 Å². The van der Waals surface area contributed by atoms with Gasteiger partial charge in [0.05, 0.1) is 24.2 Å². The lowest BCUT2D eigenvalue weighted by molar-refractivity contribution is 0.303. The first-order valence-corrected chi connectivity index (χ1v) is 5.59. The molecule has 2 rings (SSSR count). The molecule has 1 fully saturated rings. The number of nitrogens with zero attached hydrogens (tertiary/aromatic N) is 3. The molecule has 0 saturated heterocycles. The summed E-state index contributed by atoms with van der Waals surface area (Å²) in [6.07, 6.45) is 6.41. The smallest absolute Gasteiger partial charge is 0.163 e. The lowest BCUT2D eigenvalue weighted by Gasteiger charge is -2.24. The molecule has 0 bridgehead atoms. The van der Waals surface area contributed by atoms with E-state index in [0.717, 1.165) is 17.1 Å². The summed E-state index contributed by atoms with van der Waals surface area (Å²) in [6, 6.07) is 0. The van der Waals surface area contributed by atoms with E-state index >= 15 is 0 Å². The van der Waals surface area contributed by atoms with E-state index in [1.807, 2.05) is 34.4 Å². The standard InChI is InChI=1S/C12H19N3O/c1-14(2)10-7-13-8-11(12(10)15(3)4)16-9-5-6-9/h7-9H,5-6H2,1-4H3. The van der Waals surface area contributed by atoms with Crippen LogP contribution in [-0.4, -0.2) is 39.3 Å². The van der Waals surface area contributed by atoms with E-state index in [-0.39, 0.29) is 0 Å². The molecule has 1 aromatic rings. The Morgan fingerprint density at radius 3 is 2.31 bits per heavy atom. The summed E-state index contributed by atoms with van der Waals surface area (Å²) < 4.78 is 5.88. The van der Waals surface area contributed by atoms with Gasteiger partial charge in [-0.2, -0.15) is 0 Å². The number of ether oxygens (including phenoxy) is 1. The molecule has 0 amide bonds. The highest BCUT2D eigenvalue weighted by atomic mass is 16.5.